The van der Waals surface area contributed by atoms with Crippen molar-refractivity contribution in [2.75, 3.05) is 19.6 Å². The molecular weight excluding hydrogens is 378 g/mol. The van der Waals surface area contributed by atoms with Crippen LogP contribution in [0.15, 0.2) is 52.9 Å². The fourth-order valence-electron chi connectivity index (χ4n) is 3.89. The summed E-state index contributed by atoms with van der Waals surface area (Å²) in [6.45, 7) is 4.13. The van der Waals surface area contributed by atoms with E-state index in [1.807, 2.05) is 48.2 Å². The Kier molecular flexibility index (Phi) is 6.12. The quantitative estimate of drug-likeness (QED) is 0.665. The molecule has 4 rings (SSSR count). The second kappa shape index (κ2) is 9.11. The van der Waals surface area contributed by atoms with Crippen LogP contribution in [-0.4, -0.2) is 41.3 Å². The molecule has 2 heterocycles. The van der Waals surface area contributed by atoms with E-state index in [4.69, 9.17) is 4.42 Å². The van der Waals surface area contributed by atoms with Crippen LogP contribution in [0, 0.1) is 5.92 Å². The first-order valence-corrected chi connectivity index (χ1v) is 10.7. The molecule has 156 valence electrons. The fourth-order valence-corrected chi connectivity index (χ4v) is 3.89. The van der Waals surface area contributed by atoms with Gasteiger partial charge in [-0.1, -0.05) is 25.1 Å². The van der Waals surface area contributed by atoms with Crippen molar-refractivity contribution in [3.05, 3.63) is 54.1 Å². The molecule has 0 unspecified atom stereocenters. The summed E-state index contributed by atoms with van der Waals surface area (Å²) in [6, 6.07) is 15.1. The molecule has 2 amide bonds. The van der Waals surface area contributed by atoms with Crippen molar-refractivity contribution in [2.45, 2.75) is 32.6 Å². The second-order valence-electron chi connectivity index (χ2n) is 7.86. The molecule has 1 aliphatic heterocycles. The van der Waals surface area contributed by atoms with Crippen LogP contribution in [0.5, 0.6) is 0 Å². The average Bonchev–Trinajstić information content (AvgIpc) is 3.22. The van der Waals surface area contributed by atoms with Gasteiger partial charge in [-0.2, -0.15) is 0 Å². The maximum atomic E-state index is 13.0. The van der Waals surface area contributed by atoms with E-state index in [-0.39, 0.29) is 11.8 Å². The molecular formula is C24H27N3O3. The van der Waals surface area contributed by atoms with Gasteiger partial charge in [-0.25, -0.2) is 4.98 Å². The summed E-state index contributed by atoms with van der Waals surface area (Å²) in [5, 5.41) is 2.93. The number of nitrogens with zero attached hydrogens (tertiary/aromatic N) is 2. The number of hydrogen-bond acceptors (Lipinski definition) is 4. The van der Waals surface area contributed by atoms with Crippen molar-refractivity contribution >= 4 is 22.9 Å². The number of nitrogens with one attached hydrogen (secondary N) is 1. The first kappa shape index (κ1) is 20.1. The van der Waals surface area contributed by atoms with Gasteiger partial charge >= 0.3 is 0 Å². The molecule has 0 bridgehead atoms. The highest BCUT2D eigenvalue weighted by atomic mass is 16.3. The summed E-state index contributed by atoms with van der Waals surface area (Å²) in [6.07, 6.45) is 3.21. The molecule has 1 fully saturated rings. The molecule has 3 aromatic rings. The van der Waals surface area contributed by atoms with Gasteiger partial charge in [-0.15, -0.1) is 0 Å². The van der Waals surface area contributed by atoms with Crippen LogP contribution in [-0.2, 0) is 4.79 Å². The van der Waals surface area contributed by atoms with E-state index in [9.17, 15) is 9.59 Å². The van der Waals surface area contributed by atoms with Gasteiger partial charge in [0.2, 0.25) is 11.8 Å². The number of hydrogen-bond donors (Lipinski definition) is 1. The zero-order valence-electron chi connectivity index (χ0n) is 17.3. The average molecular weight is 405 g/mol. The minimum absolute atomic E-state index is 0.00930. The van der Waals surface area contributed by atoms with E-state index in [2.05, 4.69) is 10.3 Å². The van der Waals surface area contributed by atoms with Crippen molar-refractivity contribution in [3.8, 4) is 11.5 Å². The van der Waals surface area contributed by atoms with Gasteiger partial charge in [0.05, 0.1) is 0 Å². The number of carbonyl (C=O) groups is 2. The Hall–Kier alpha value is -3.15. The molecule has 1 aliphatic rings. The predicted octanol–water partition coefficient (Wildman–Crippen LogP) is 4.26. The standard InChI is InChI=1S/C24H27N3O3/c1-2-12-25-22(28)15-17-10-13-27(14-11-17)24(29)19-8-9-21-20(16-19)26-23(30-21)18-6-4-3-5-7-18/h3-9,16-17H,2,10-15H2,1H3,(H,25,28). The van der Waals surface area contributed by atoms with Crippen LogP contribution in [0.3, 0.4) is 0 Å². The minimum Gasteiger partial charge on any atom is -0.436 e. The van der Waals surface area contributed by atoms with Gasteiger partial charge in [0.25, 0.3) is 5.91 Å². The van der Waals surface area contributed by atoms with Crippen LogP contribution in [0.1, 0.15) is 43.0 Å². The Morgan fingerprint density at radius 3 is 2.63 bits per heavy atom. The number of oxazole rings is 1. The lowest BCUT2D eigenvalue weighted by Gasteiger charge is -2.31. The van der Waals surface area contributed by atoms with Crippen LogP contribution in [0.2, 0.25) is 0 Å². The summed E-state index contributed by atoms with van der Waals surface area (Å²) in [5.41, 5.74) is 2.88. The van der Waals surface area contributed by atoms with Gasteiger partial charge in [0.1, 0.15) is 5.52 Å². The smallest absolute Gasteiger partial charge is 0.253 e. The Labute approximate surface area is 176 Å². The van der Waals surface area contributed by atoms with Gasteiger partial charge in [0, 0.05) is 37.2 Å². The van der Waals surface area contributed by atoms with Crippen molar-refractivity contribution in [3.63, 3.8) is 0 Å². The zero-order chi connectivity index (χ0) is 20.9. The summed E-state index contributed by atoms with van der Waals surface area (Å²) >= 11 is 0. The molecule has 1 saturated heterocycles. The van der Waals surface area contributed by atoms with Crippen molar-refractivity contribution in [1.29, 1.82) is 0 Å². The molecule has 30 heavy (non-hydrogen) atoms. The lowest BCUT2D eigenvalue weighted by atomic mass is 9.93. The maximum Gasteiger partial charge on any atom is 0.253 e. The van der Waals surface area contributed by atoms with E-state index in [0.29, 0.717) is 48.0 Å². The molecule has 0 spiro atoms. The third-order valence-corrected chi connectivity index (χ3v) is 5.60. The summed E-state index contributed by atoms with van der Waals surface area (Å²) in [7, 11) is 0. The molecule has 2 aromatic carbocycles. The predicted molar refractivity (Wildman–Crippen MR) is 116 cm³/mol. The summed E-state index contributed by atoms with van der Waals surface area (Å²) in [5.74, 6) is 1.03. The second-order valence-corrected chi connectivity index (χ2v) is 7.86. The van der Waals surface area contributed by atoms with E-state index in [0.717, 1.165) is 31.4 Å². The van der Waals surface area contributed by atoms with Crippen LogP contribution < -0.4 is 5.32 Å². The highest BCUT2D eigenvalue weighted by Gasteiger charge is 2.25. The van der Waals surface area contributed by atoms with Crippen LogP contribution in [0.25, 0.3) is 22.6 Å². The number of carbonyl (C=O) groups excluding carboxylic acids is 2. The Bertz CT molecular complexity index is 1020. The van der Waals surface area contributed by atoms with Gasteiger partial charge in [-0.3, -0.25) is 9.59 Å². The number of fused-ring (bicyclic) bond motifs is 1. The number of benzene rings is 2. The van der Waals surface area contributed by atoms with E-state index < -0.39 is 0 Å². The SMILES string of the molecule is CCCNC(=O)CC1CCN(C(=O)c2ccc3oc(-c4ccccc4)nc3c2)CC1. The number of likely N-dealkylation sites (tertiary alicyclic amines) is 1. The van der Waals surface area contributed by atoms with E-state index in [1.54, 1.807) is 12.1 Å². The Balaban J connectivity index is 1.39. The van der Waals surface area contributed by atoms with Crippen molar-refractivity contribution in [2.24, 2.45) is 5.92 Å². The monoisotopic (exact) mass is 405 g/mol. The maximum absolute atomic E-state index is 13.0. The van der Waals surface area contributed by atoms with Crippen LogP contribution in [0.4, 0.5) is 0 Å². The largest absolute Gasteiger partial charge is 0.436 e. The highest BCUT2D eigenvalue weighted by molar-refractivity contribution is 5.97. The number of amides is 2. The summed E-state index contributed by atoms with van der Waals surface area (Å²) < 4.78 is 5.84. The van der Waals surface area contributed by atoms with Gasteiger partial charge < -0.3 is 14.6 Å². The minimum atomic E-state index is 0.00930. The molecule has 0 aliphatic carbocycles. The molecule has 0 saturated carbocycles. The lowest BCUT2D eigenvalue weighted by Crippen LogP contribution is -2.39. The van der Waals surface area contributed by atoms with Crippen molar-refractivity contribution < 1.29 is 14.0 Å². The number of aromatic nitrogens is 1. The Morgan fingerprint density at radius 2 is 1.90 bits per heavy atom. The van der Waals surface area contributed by atoms with Gasteiger partial charge in [0.15, 0.2) is 5.58 Å². The lowest BCUT2D eigenvalue weighted by molar-refractivity contribution is -0.122. The molecule has 6 heteroatoms. The molecule has 1 aromatic heterocycles. The zero-order valence-corrected chi connectivity index (χ0v) is 17.3. The molecule has 1 N–H and O–H groups in total. The normalized spacial score (nSPS) is 14.8. The van der Waals surface area contributed by atoms with E-state index >= 15 is 0 Å². The third kappa shape index (κ3) is 4.53. The molecule has 0 atom stereocenters. The first-order valence-electron chi connectivity index (χ1n) is 10.7. The summed E-state index contributed by atoms with van der Waals surface area (Å²) in [4.78, 5) is 31.3. The van der Waals surface area contributed by atoms with E-state index in [1.165, 1.54) is 0 Å². The number of piperidine rings is 1. The van der Waals surface area contributed by atoms with Gasteiger partial charge in [-0.05, 0) is 55.5 Å². The molecule has 0 radical (unpaired) electrons. The first-order chi connectivity index (χ1) is 14.6. The molecule has 6 nitrogen and oxygen atoms in total. The fraction of sp³-hybridized carbons (Fsp3) is 0.375. The topological polar surface area (TPSA) is 75.4 Å². The number of rotatable bonds is 6. The third-order valence-electron chi connectivity index (χ3n) is 5.60. The highest BCUT2D eigenvalue weighted by Crippen LogP contribution is 2.26. The van der Waals surface area contributed by atoms with Crippen LogP contribution >= 0.6 is 0 Å². The Morgan fingerprint density at radius 1 is 1.13 bits per heavy atom. The van der Waals surface area contributed by atoms with Crippen molar-refractivity contribution in [1.82, 2.24) is 15.2 Å².